The SMILES string of the molecule is COc1ccc(C)cc1C(N)c1cn(C)nc1C. The number of rotatable bonds is 3. The van der Waals surface area contributed by atoms with Crippen LogP contribution in [0, 0.1) is 13.8 Å². The summed E-state index contributed by atoms with van der Waals surface area (Å²) in [6, 6.07) is 5.82. The molecule has 0 amide bonds. The van der Waals surface area contributed by atoms with E-state index in [0.717, 1.165) is 22.6 Å². The first-order chi connectivity index (χ1) is 8.52. The molecule has 1 atom stereocenters. The molecular weight excluding hydrogens is 226 g/mol. The Morgan fingerprint density at radius 3 is 2.56 bits per heavy atom. The van der Waals surface area contributed by atoms with Crippen LogP contribution in [0.5, 0.6) is 5.75 Å². The first-order valence-electron chi connectivity index (χ1n) is 5.93. The lowest BCUT2D eigenvalue weighted by molar-refractivity contribution is 0.407. The van der Waals surface area contributed by atoms with Gasteiger partial charge < -0.3 is 10.5 Å². The number of ether oxygens (including phenoxy) is 1. The highest BCUT2D eigenvalue weighted by atomic mass is 16.5. The molecule has 0 fully saturated rings. The average Bonchev–Trinajstić information content (AvgIpc) is 2.67. The van der Waals surface area contributed by atoms with Gasteiger partial charge >= 0.3 is 0 Å². The Balaban J connectivity index is 2.48. The van der Waals surface area contributed by atoms with Crippen LogP contribution in [-0.4, -0.2) is 16.9 Å². The lowest BCUT2D eigenvalue weighted by atomic mass is 9.98. The van der Waals surface area contributed by atoms with Gasteiger partial charge in [0.1, 0.15) is 5.75 Å². The number of hydrogen-bond donors (Lipinski definition) is 1. The molecule has 4 heteroatoms. The molecule has 96 valence electrons. The molecule has 2 N–H and O–H groups in total. The lowest BCUT2D eigenvalue weighted by Crippen LogP contribution is -2.13. The molecule has 1 aromatic heterocycles. The smallest absolute Gasteiger partial charge is 0.123 e. The van der Waals surface area contributed by atoms with Crippen molar-refractivity contribution in [1.29, 1.82) is 0 Å². The molecule has 0 bridgehead atoms. The second-order valence-electron chi connectivity index (χ2n) is 4.57. The number of benzene rings is 1. The Bertz CT molecular complexity index is 560. The third kappa shape index (κ3) is 2.24. The minimum atomic E-state index is -0.214. The highest BCUT2D eigenvalue weighted by Crippen LogP contribution is 2.30. The number of nitrogens with zero attached hydrogens (tertiary/aromatic N) is 2. The summed E-state index contributed by atoms with van der Waals surface area (Å²) in [7, 11) is 3.56. The highest BCUT2D eigenvalue weighted by molar-refractivity contribution is 5.43. The van der Waals surface area contributed by atoms with Gasteiger partial charge in [0.25, 0.3) is 0 Å². The number of methoxy groups -OCH3 is 1. The standard InChI is InChI=1S/C14H19N3O/c1-9-5-6-13(18-4)11(7-9)14(15)12-8-17(3)16-10(12)2/h5-8,14H,15H2,1-4H3. The van der Waals surface area contributed by atoms with Crippen LogP contribution in [0.3, 0.4) is 0 Å². The summed E-state index contributed by atoms with van der Waals surface area (Å²) in [5, 5.41) is 4.33. The van der Waals surface area contributed by atoms with E-state index >= 15 is 0 Å². The van der Waals surface area contributed by atoms with Crippen molar-refractivity contribution >= 4 is 0 Å². The van der Waals surface area contributed by atoms with Crippen molar-refractivity contribution in [2.24, 2.45) is 12.8 Å². The predicted molar refractivity (Wildman–Crippen MR) is 71.7 cm³/mol. The fraction of sp³-hybridized carbons (Fsp3) is 0.357. The Morgan fingerprint density at radius 2 is 2.00 bits per heavy atom. The van der Waals surface area contributed by atoms with Crippen molar-refractivity contribution in [3.63, 3.8) is 0 Å². The third-order valence-corrected chi connectivity index (χ3v) is 3.11. The maximum Gasteiger partial charge on any atom is 0.123 e. The second kappa shape index (κ2) is 4.82. The number of aryl methyl sites for hydroxylation is 3. The van der Waals surface area contributed by atoms with Crippen molar-refractivity contribution in [2.45, 2.75) is 19.9 Å². The van der Waals surface area contributed by atoms with Gasteiger partial charge in [-0.25, -0.2) is 0 Å². The first-order valence-corrected chi connectivity index (χ1v) is 5.93. The van der Waals surface area contributed by atoms with Gasteiger partial charge in [0.15, 0.2) is 0 Å². The van der Waals surface area contributed by atoms with Gasteiger partial charge in [-0.05, 0) is 19.9 Å². The van der Waals surface area contributed by atoms with Gasteiger partial charge in [-0.1, -0.05) is 17.7 Å². The molecule has 0 aliphatic rings. The van der Waals surface area contributed by atoms with E-state index in [4.69, 9.17) is 10.5 Å². The van der Waals surface area contributed by atoms with Crippen LogP contribution in [0.15, 0.2) is 24.4 Å². The largest absolute Gasteiger partial charge is 0.496 e. The van der Waals surface area contributed by atoms with E-state index in [1.165, 1.54) is 5.56 Å². The number of nitrogens with two attached hydrogens (primary N) is 1. The van der Waals surface area contributed by atoms with Crippen molar-refractivity contribution in [2.75, 3.05) is 7.11 Å². The van der Waals surface area contributed by atoms with Gasteiger partial charge in [-0.3, -0.25) is 4.68 Å². The van der Waals surface area contributed by atoms with Crippen LogP contribution >= 0.6 is 0 Å². The van der Waals surface area contributed by atoms with E-state index in [2.05, 4.69) is 11.2 Å². The summed E-state index contributed by atoms with van der Waals surface area (Å²) in [6.45, 7) is 4.02. The molecular formula is C14H19N3O. The maximum absolute atomic E-state index is 6.34. The zero-order valence-electron chi connectivity index (χ0n) is 11.3. The Hall–Kier alpha value is -1.81. The van der Waals surface area contributed by atoms with Crippen molar-refractivity contribution in [1.82, 2.24) is 9.78 Å². The first kappa shape index (κ1) is 12.6. The highest BCUT2D eigenvalue weighted by Gasteiger charge is 2.18. The van der Waals surface area contributed by atoms with Crippen LogP contribution in [0.1, 0.15) is 28.4 Å². The summed E-state index contributed by atoms with van der Waals surface area (Å²) in [6.07, 6.45) is 1.96. The quantitative estimate of drug-likeness (QED) is 0.901. The zero-order valence-corrected chi connectivity index (χ0v) is 11.3. The van der Waals surface area contributed by atoms with Crippen LogP contribution in [-0.2, 0) is 7.05 Å². The zero-order chi connectivity index (χ0) is 13.3. The fourth-order valence-corrected chi connectivity index (χ4v) is 2.19. The normalized spacial score (nSPS) is 12.5. The van der Waals surface area contributed by atoms with Crippen LogP contribution < -0.4 is 10.5 Å². The average molecular weight is 245 g/mol. The van der Waals surface area contributed by atoms with Gasteiger partial charge in [-0.2, -0.15) is 5.10 Å². The van der Waals surface area contributed by atoms with E-state index < -0.39 is 0 Å². The van der Waals surface area contributed by atoms with Crippen LogP contribution in [0.4, 0.5) is 0 Å². The Labute approximate surface area is 107 Å². The maximum atomic E-state index is 6.34. The minimum absolute atomic E-state index is 0.214. The van der Waals surface area contributed by atoms with Gasteiger partial charge in [-0.15, -0.1) is 0 Å². The monoisotopic (exact) mass is 245 g/mol. The molecule has 1 heterocycles. The van der Waals surface area contributed by atoms with E-state index in [1.54, 1.807) is 11.8 Å². The lowest BCUT2D eigenvalue weighted by Gasteiger charge is -2.16. The summed E-state index contributed by atoms with van der Waals surface area (Å²) >= 11 is 0. The molecule has 18 heavy (non-hydrogen) atoms. The molecule has 0 aliphatic carbocycles. The van der Waals surface area contributed by atoms with Crippen molar-refractivity contribution in [3.8, 4) is 5.75 Å². The summed E-state index contributed by atoms with van der Waals surface area (Å²) in [5.74, 6) is 0.816. The molecule has 0 spiro atoms. The molecule has 2 rings (SSSR count). The summed E-state index contributed by atoms with van der Waals surface area (Å²) < 4.78 is 7.17. The van der Waals surface area contributed by atoms with Crippen LogP contribution in [0.25, 0.3) is 0 Å². The van der Waals surface area contributed by atoms with E-state index in [0.29, 0.717) is 0 Å². The van der Waals surface area contributed by atoms with E-state index in [1.807, 2.05) is 39.2 Å². The summed E-state index contributed by atoms with van der Waals surface area (Å²) in [5.41, 5.74) is 10.5. The van der Waals surface area contributed by atoms with Gasteiger partial charge in [0.2, 0.25) is 0 Å². The Morgan fingerprint density at radius 1 is 1.28 bits per heavy atom. The number of hydrogen-bond acceptors (Lipinski definition) is 3. The van der Waals surface area contributed by atoms with Crippen molar-refractivity contribution in [3.05, 3.63) is 46.8 Å². The van der Waals surface area contributed by atoms with Gasteiger partial charge in [0, 0.05) is 24.4 Å². The molecule has 0 aliphatic heterocycles. The molecule has 4 nitrogen and oxygen atoms in total. The summed E-state index contributed by atoms with van der Waals surface area (Å²) in [4.78, 5) is 0. The minimum Gasteiger partial charge on any atom is -0.496 e. The molecule has 2 aromatic rings. The molecule has 1 aromatic carbocycles. The molecule has 1 unspecified atom stereocenters. The fourth-order valence-electron chi connectivity index (χ4n) is 2.19. The molecule has 0 saturated carbocycles. The number of aromatic nitrogens is 2. The second-order valence-corrected chi connectivity index (χ2v) is 4.57. The van der Waals surface area contributed by atoms with Crippen LogP contribution in [0.2, 0.25) is 0 Å². The van der Waals surface area contributed by atoms with Crippen molar-refractivity contribution < 1.29 is 4.74 Å². The van der Waals surface area contributed by atoms with Gasteiger partial charge in [0.05, 0.1) is 18.8 Å². The molecule has 0 radical (unpaired) electrons. The van der Waals surface area contributed by atoms with E-state index in [-0.39, 0.29) is 6.04 Å². The topological polar surface area (TPSA) is 53.1 Å². The molecule has 0 saturated heterocycles. The Kier molecular flexibility index (Phi) is 3.39. The predicted octanol–water partition coefficient (Wildman–Crippen LogP) is 2.09. The third-order valence-electron chi connectivity index (χ3n) is 3.11. The van der Waals surface area contributed by atoms with E-state index in [9.17, 15) is 0 Å².